The highest BCUT2D eigenvalue weighted by atomic mass is 32.2. The Balaban J connectivity index is 2.04. The van der Waals surface area contributed by atoms with E-state index in [0.29, 0.717) is 11.4 Å². The van der Waals surface area contributed by atoms with Gasteiger partial charge in [0.1, 0.15) is 6.04 Å². The van der Waals surface area contributed by atoms with Gasteiger partial charge in [0.25, 0.3) is 5.91 Å². The van der Waals surface area contributed by atoms with Crippen LogP contribution in [0.1, 0.15) is 19.0 Å². The van der Waals surface area contributed by atoms with E-state index in [9.17, 15) is 18.0 Å². The van der Waals surface area contributed by atoms with Gasteiger partial charge in [-0.05, 0) is 44.4 Å². The molecule has 2 rings (SSSR count). The molecule has 2 unspecified atom stereocenters. The van der Waals surface area contributed by atoms with Crippen LogP contribution >= 0.6 is 11.8 Å². The molecule has 0 fully saturated rings. The Hall–Kier alpha value is -2.37. The van der Waals surface area contributed by atoms with Crippen LogP contribution in [-0.4, -0.2) is 49.6 Å². The zero-order valence-electron chi connectivity index (χ0n) is 16.2. The van der Waals surface area contributed by atoms with E-state index in [1.165, 1.54) is 36.9 Å². The molecule has 1 aromatic carbocycles. The first kappa shape index (κ1) is 22.9. The van der Waals surface area contributed by atoms with Crippen LogP contribution in [0.2, 0.25) is 0 Å². The van der Waals surface area contributed by atoms with Gasteiger partial charge in [-0.25, -0.2) is 8.42 Å². The van der Waals surface area contributed by atoms with Crippen molar-refractivity contribution >= 4 is 39.5 Å². The van der Waals surface area contributed by atoms with Crippen molar-refractivity contribution < 1.29 is 27.3 Å². The number of aromatic nitrogens is 1. The number of hydrogen-bond acceptors (Lipinski definition) is 8. The minimum atomic E-state index is -3.92. The quantitative estimate of drug-likeness (QED) is 0.536. The first-order chi connectivity index (χ1) is 13.7. The van der Waals surface area contributed by atoms with Crippen LogP contribution in [0.15, 0.2) is 45.8 Å². The van der Waals surface area contributed by atoms with Gasteiger partial charge in [0.15, 0.2) is 6.10 Å². The SMILES string of the molecule is CSCCC(NS(=O)(=O)c1ccccc1)C(=O)OC(C)C(=O)Nc1cc(C)no1. The van der Waals surface area contributed by atoms with Crippen molar-refractivity contribution in [3.8, 4) is 0 Å². The molecule has 0 aliphatic heterocycles. The van der Waals surface area contributed by atoms with Gasteiger partial charge < -0.3 is 9.26 Å². The first-order valence-corrected chi connectivity index (χ1v) is 11.6. The Kier molecular flexibility index (Phi) is 8.23. The average molecular weight is 442 g/mol. The second-order valence-corrected chi connectivity index (χ2v) is 8.87. The molecule has 0 radical (unpaired) electrons. The molecule has 0 spiro atoms. The summed E-state index contributed by atoms with van der Waals surface area (Å²) in [5, 5.41) is 6.08. The lowest BCUT2D eigenvalue weighted by Crippen LogP contribution is -2.44. The van der Waals surface area contributed by atoms with E-state index in [0.717, 1.165) is 0 Å². The molecule has 2 N–H and O–H groups in total. The highest BCUT2D eigenvalue weighted by molar-refractivity contribution is 7.98. The Morgan fingerprint density at radius 1 is 1.28 bits per heavy atom. The summed E-state index contributed by atoms with van der Waals surface area (Å²) in [6, 6.07) is 8.10. The van der Waals surface area contributed by atoms with Gasteiger partial charge in [0, 0.05) is 6.07 Å². The van der Waals surface area contributed by atoms with Crippen molar-refractivity contribution in [3.05, 3.63) is 42.1 Å². The normalized spacial score (nSPS) is 13.5. The number of ether oxygens (including phenoxy) is 1. The van der Waals surface area contributed by atoms with Crippen LogP contribution in [-0.2, 0) is 24.3 Å². The summed E-state index contributed by atoms with van der Waals surface area (Å²) in [5.41, 5.74) is 0.581. The van der Waals surface area contributed by atoms with Gasteiger partial charge in [0.05, 0.1) is 10.6 Å². The number of thioether (sulfide) groups is 1. The summed E-state index contributed by atoms with van der Waals surface area (Å²) in [6.45, 7) is 3.07. The third-order valence-electron chi connectivity index (χ3n) is 3.78. The molecule has 1 amide bonds. The first-order valence-electron chi connectivity index (χ1n) is 8.74. The van der Waals surface area contributed by atoms with Gasteiger partial charge in [0.2, 0.25) is 15.9 Å². The molecule has 0 aliphatic carbocycles. The average Bonchev–Trinajstić information content (AvgIpc) is 3.10. The molecule has 158 valence electrons. The highest BCUT2D eigenvalue weighted by Gasteiger charge is 2.29. The minimum Gasteiger partial charge on any atom is -0.451 e. The number of carbonyl (C=O) groups excluding carboxylic acids is 2. The lowest BCUT2D eigenvalue weighted by atomic mass is 10.2. The lowest BCUT2D eigenvalue weighted by Gasteiger charge is -2.20. The molecule has 29 heavy (non-hydrogen) atoms. The summed E-state index contributed by atoms with van der Waals surface area (Å²) >= 11 is 1.46. The fraction of sp³-hybridized carbons (Fsp3) is 0.389. The Labute approximate surface area is 173 Å². The van der Waals surface area contributed by atoms with E-state index in [1.807, 2.05) is 6.26 Å². The van der Waals surface area contributed by atoms with Crippen molar-refractivity contribution in [2.45, 2.75) is 37.3 Å². The smallest absolute Gasteiger partial charge is 0.324 e. The molecule has 1 aromatic heterocycles. The van der Waals surface area contributed by atoms with E-state index < -0.39 is 34.0 Å². The van der Waals surface area contributed by atoms with Crippen molar-refractivity contribution in [1.82, 2.24) is 9.88 Å². The molecular weight excluding hydrogens is 418 g/mol. The third kappa shape index (κ3) is 6.87. The molecule has 9 nitrogen and oxygen atoms in total. The maximum Gasteiger partial charge on any atom is 0.324 e. The molecule has 2 aromatic rings. The molecule has 0 saturated carbocycles. The van der Waals surface area contributed by atoms with Crippen molar-refractivity contribution in [2.75, 3.05) is 17.3 Å². The zero-order valence-corrected chi connectivity index (χ0v) is 17.9. The van der Waals surface area contributed by atoms with Crippen LogP contribution in [0.5, 0.6) is 0 Å². The van der Waals surface area contributed by atoms with Gasteiger partial charge in [-0.1, -0.05) is 23.4 Å². The predicted molar refractivity (Wildman–Crippen MR) is 109 cm³/mol. The molecule has 11 heteroatoms. The third-order valence-corrected chi connectivity index (χ3v) is 5.91. The van der Waals surface area contributed by atoms with Crippen LogP contribution in [0.3, 0.4) is 0 Å². The summed E-state index contributed by atoms with van der Waals surface area (Å²) in [6.07, 6.45) is 0.886. The van der Waals surface area contributed by atoms with Gasteiger partial charge in [-0.15, -0.1) is 0 Å². The number of anilines is 1. The van der Waals surface area contributed by atoms with Gasteiger partial charge in [-0.2, -0.15) is 16.5 Å². The maximum atomic E-state index is 12.6. The standard InChI is InChI=1S/C18H23N3O6S2/c1-12-11-16(27-20-12)19-17(22)13(2)26-18(23)15(9-10-28-3)21-29(24,25)14-7-5-4-6-8-14/h4-8,11,13,15,21H,9-10H2,1-3H3,(H,19,22). The number of sulfonamides is 1. The number of nitrogens with one attached hydrogen (secondary N) is 2. The van der Waals surface area contributed by atoms with Gasteiger partial charge >= 0.3 is 5.97 Å². The fourth-order valence-electron chi connectivity index (χ4n) is 2.27. The highest BCUT2D eigenvalue weighted by Crippen LogP contribution is 2.13. The lowest BCUT2D eigenvalue weighted by molar-refractivity contribution is -0.154. The number of hydrogen-bond donors (Lipinski definition) is 2. The largest absolute Gasteiger partial charge is 0.451 e. The number of nitrogens with zero attached hydrogens (tertiary/aromatic N) is 1. The fourth-order valence-corrected chi connectivity index (χ4v) is 3.98. The van der Waals surface area contributed by atoms with Gasteiger partial charge in [-0.3, -0.25) is 14.9 Å². The number of amides is 1. The predicted octanol–water partition coefficient (Wildman–Crippen LogP) is 1.95. The summed E-state index contributed by atoms with van der Waals surface area (Å²) < 4.78 is 37.5. The van der Waals surface area contributed by atoms with Crippen LogP contribution < -0.4 is 10.0 Å². The van der Waals surface area contributed by atoms with Crippen molar-refractivity contribution in [1.29, 1.82) is 0 Å². The number of aryl methyl sites for hydroxylation is 1. The molecule has 0 saturated heterocycles. The van der Waals surface area contributed by atoms with E-state index in [-0.39, 0.29) is 17.2 Å². The second-order valence-electron chi connectivity index (χ2n) is 6.17. The molecular formula is C18H23N3O6S2. The minimum absolute atomic E-state index is 0.0356. The van der Waals surface area contributed by atoms with Crippen molar-refractivity contribution in [3.63, 3.8) is 0 Å². The topological polar surface area (TPSA) is 128 Å². The number of rotatable bonds is 10. The number of esters is 1. The van der Waals surface area contributed by atoms with Crippen molar-refractivity contribution in [2.24, 2.45) is 0 Å². The molecule has 1 heterocycles. The van der Waals surface area contributed by atoms with E-state index in [4.69, 9.17) is 9.26 Å². The van der Waals surface area contributed by atoms with Crippen LogP contribution in [0.4, 0.5) is 5.88 Å². The van der Waals surface area contributed by atoms with E-state index in [2.05, 4.69) is 15.2 Å². The van der Waals surface area contributed by atoms with E-state index in [1.54, 1.807) is 25.1 Å². The summed E-state index contributed by atoms with van der Waals surface area (Å²) in [5.74, 6) is -0.812. The van der Waals surface area contributed by atoms with Crippen LogP contribution in [0, 0.1) is 6.92 Å². The van der Waals surface area contributed by atoms with Crippen LogP contribution in [0.25, 0.3) is 0 Å². The maximum absolute atomic E-state index is 12.6. The second kappa shape index (κ2) is 10.4. The van der Waals surface area contributed by atoms with E-state index >= 15 is 0 Å². The molecule has 0 bridgehead atoms. The zero-order chi connectivity index (χ0) is 21.4. The Morgan fingerprint density at radius 2 is 1.97 bits per heavy atom. The summed E-state index contributed by atoms with van der Waals surface area (Å²) in [7, 11) is -3.92. The summed E-state index contributed by atoms with van der Waals surface area (Å²) in [4.78, 5) is 24.8. The monoisotopic (exact) mass is 441 g/mol. The number of carbonyl (C=O) groups is 2. The Morgan fingerprint density at radius 3 is 2.55 bits per heavy atom. The Bertz CT molecular complexity index is 930. The number of benzene rings is 1. The molecule has 2 atom stereocenters. The molecule has 0 aliphatic rings.